The summed E-state index contributed by atoms with van der Waals surface area (Å²) in [6.45, 7) is 4.00. The average molecular weight is 334 g/mol. The topological polar surface area (TPSA) is 52.6 Å². The van der Waals surface area contributed by atoms with Crippen LogP contribution in [0.15, 0.2) is 40.8 Å². The lowest BCUT2D eigenvalue weighted by molar-refractivity contribution is -0.153. The predicted molar refractivity (Wildman–Crippen MR) is 91.0 cm³/mol. The van der Waals surface area contributed by atoms with E-state index in [0.717, 1.165) is 23.5 Å². The quantitative estimate of drug-likeness (QED) is 0.590. The van der Waals surface area contributed by atoms with Gasteiger partial charge in [0.05, 0.1) is 7.11 Å². The molecule has 0 saturated heterocycles. The largest absolute Gasteiger partial charge is 0.465 e. The van der Waals surface area contributed by atoms with Gasteiger partial charge in [-0.25, -0.2) is 9.59 Å². The van der Waals surface area contributed by atoms with Crippen molar-refractivity contribution in [1.29, 1.82) is 0 Å². The van der Waals surface area contributed by atoms with Crippen LogP contribution >= 0.6 is 11.8 Å². The van der Waals surface area contributed by atoms with Gasteiger partial charge < -0.3 is 9.47 Å². The molecule has 0 bridgehead atoms. The molecule has 5 heteroatoms. The van der Waals surface area contributed by atoms with Crippen LogP contribution in [0, 0.1) is 5.92 Å². The molecule has 1 aliphatic heterocycles. The Bertz CT molecular complexity index is 594. The molecular formula is C18H22O4S. The molecule has 0 aromatic heterocycles. The third-order valence-electron chi connectivity index (χ3n) is 3.93. The van der Waals surface area contributed by atoms with Crippen molar-refractivity contribution in [1.82, 2.24) is 0 Å². The fourth-order valence-corrected chi connectivity index (χ4v) is 3.74. The number of cyclic esters (lactones) is 1. The van der Waals surface area contributed by atoms with Crippen molar-refractivity contribution in [2.24, 2.45) is 5.92 Å². The third kappa shape index (κ3) is 4.16. The first-order valence-electron chi connectivity index (χ1n) is 7.78. The molecule has 1 aromatic carbocycles. The maximum Gasteiger partial charge on any atom is 0.346 e. The van der Waals surface area contributed by atoms with Gasteiger partial charge in [0.25, 0.3) is 0 Å². The number of hydrogen-bond acceptors (Lipinski definition) is 5. The molecule has 2 unspecified atom stereocenters. The minimum Gasteiger partial charge on any atom is -0.465 e. The van der Waals surface area contributed by atoms with Crippen LogP contribution in [0.3, 0.4) is 0 Å². The number of carbonyl (C=O) groups excluding carboxylic acids is 2. The molecule has 0 fully saturated rings. The van der Waals surface area contributed by atoms with Crippen LogP contribution in [0.25, 0.3) is 0 Å². The zero-order valence-electron chi connectivity index (χ0n) is 13.7. The SMILES string of the molecule is CCSC1=C(C(=O)OC)C(=O)OC(CCc2ccccc2)C1C. The van der Waals surface area contributed by atoms with Crippen molar-refractivity contribution in [2.75, 3.05) is 12.9 Å². The van der Waals surface area contributed by atoms with Crippen LogP contribution < -0.4 is 0 Å². The molecular weight excluding hydrogens is 312 g/mol. The smallest absolute Gasteiger partial charge is 0.346 e. The maximum atomic E-state index is 12.3. The van der Waals surface area contributed by atoms with E-state index in [1.165, 1.54) is 24.4 Å². The predicted octanol–water partition coefficient (Wildman–Crippen LogP) is 3.36. The molecule has 2 atom stereocenters. The summed E-state index contributed by atoms with van der Waals surface area (Å²) < 4.78 is 10.3. The number of methoxy groups -OCH3 is 1. The molecule has 124 valence electrons. The van der Waals surface area contributed by atoms with Crippen molar-refractivity contribution in [3.63, 3.8) is 0 Å². The second-order valence-corrected chi connectivity index (χ2v) is 6.73. The van der Waals surface area contributed by atoms with Crippen LogP contribution in [0.2, 0.25) is 0 Å². The van der Waals surface area contributed by atoms with E-state index in [4.69, 9.17) is 9.47 Å². The van der Waals surface area contributed by atoms with Gasteiger partial charge in [-0.3, -0.25) is 0 Å². The van der Waals surface area contributed by atoms with Crippen molar-refractivity contribution >= 4 is 23.7 Å². The van der Waals surface area contributed by atoms with Crippen LogP contribution in [0.4, 0.5) is 0 Å². The van der Waals surface area contributed by atoms with Gasteiger partial charge in [-0.15, -0.1) is 11.8 Å². The van der Waals surface area contributed by atoms with Crippen molar-refractivity contribution in [3.05, 3.63) is 46.4 Å². The second kappa shape index (κ2) is 8.20. The van der Waals surface area contributed by atoms with Gasteiger partial charge in [-0.05, 0) is 24.2 Å². The van der Waals surface area contributed by atoms with E-state index >= 15 is 0 Å². The van der Waals surface area contributed by atoms with E-state index in [-0.39, 0.29) is 17.6 Å². The molecule has 0 spiro atoms. The summed E-state index contributed by atoms with van der Waals surface area (Å²) in [4.78, 5) is 24.9. The highest BCUT2D eigenvalue weighted by Gasteiger charge is 2.38. The van der Waals surface area contributed by atoms with E-state index < -0.39 is 11.9 Å². The Morgan fingerprint density at radius 3 is 2.61 bits per heavy atom. The van der Waals surface area contributed by atoms with E-state index in [9.17, 15) is 9.59 Å². The van der Waals surface area contributed by atoms with Crippen molar-refractivity contribution in [2.45, 2.75) is 32.8 Å². The number of benzene rings is 1. The lowest BCUT2D eigenvalue weighted by Gasteiger charge is -2.31. The zero-order valence-corrected chi connectivity index (χ0v) is 14.5. The normalized spacial score (nSPS) is 21.1. The third-order valence-corrected chi connectivity index (χ3v) is 5.11. The number of hydrogen-bond donors (Lipinski definition) is 0. The van der Waals surface area contributed by atoms with Gasteiger partial charge >= 0.3 is 11.9 Å². The van der Waals surface area contributed by atoms with Gasteiger partial charge in [0, 0.05) is 10.8 Å². The number of esters is 2. The molecule has 1 heterocycles. The average Bonchev–Trinajstić information content (AvgIpc) is 2.57. The van der Waals surface area contributed by atoms with Crippen LogP contribution in [0.1, 0.15) is 25.8 Å². The minimum atomic E-state index is -0.612. The molecule has 23 heavy (non-hydrogen) atoms. The Kier molecular flexibility index (Phi) is 6.28. The standard InChI is InChI=1S/C18H22O4S/c1-4-23-16-12(2)14(11-10-13-8-6-5-7-9-13)22-18(20)15(16)17(19)21-3/h5-9,12,14H,4,10-11H2,1-3H3. The number of thioether (sulfide) groups is 1. The first kappa shape index (κ1) is 17.6. The number of rotatable bonds is 6. The minimum absolute atomic E-state index is 0.00420. The molecule has 0 radical (unpaired) electrons. The van der Waals surface area contributed by atoms with Crippen molar-refractivity contribution in [3.8, 4) is 0 Å². The Morgan fingerprint density at radius 1 is 1.30 bits per heavy atom. The summed E-state index contributed by atoms with van der Waals surface area (Å²) in [5, 5.41) is 0. The number of carbonyl (C=O) groups is 2. The highest BCUT2D eigenvalue weighted by molar-refractivity contribution is 8.03. The summed E-state index contributed by atoms with van der Waals surface area (Å²) >= 11 is 1.52. The van der Waals surface area contributed by atoms with Crippen molar-refractivity contribution < 1.29 is 19.1 Å². The Hall–Kier alpha value is -1.75. The molecule has 1 aliphatic rings. The molecule has 0 saturated carbocycles. The highest BCUT2D eigenvalue weighted by atomic mass is 32.2. The summed E-state index contributed by atoms with van der Waals surface area (Å²) in [6, 6.07) is 10.1. The van der Waals surface area contributed by atoms with Crippen LogP contribution in [0.5, 0.6) is 0 Å². The summed E-state index contributed by atoms with van der Waals surface area (Å²) in [6.07, 6.45) is 1.35. The lowest BCUT2D eigenvalue weighted by atomic mass is 9.93. The van der Waals surface area contributed by atoms with E-state index in [1.54, 1.807) is 0 Å². The van der Waals surface area contributed by atoms with Gasteiger partial charge in [-0.1, -0.05) is 44.2 Å². The second-order valence-electron chi connectivity index (χ2n) is 5.42. The Morgan fingerprint density at radius 2 is 2.00 bits per heavy atom. The molecule has 1 aromatic rings. The summed E-state index contributed by atoms with van der Waals surface area (Å²) in [5.41, 5.74) is 1.27. The summed E-state index contributed by atoms with van der Waals surface area (Å²) in [5.74, 6) is -0.391. The molecule has 0 N–H and O–H groups in total. The van der Waals surface area contributed by atoms with Gasteiger partial charge in [0.2, 0.25) is 0 Å². The summed E-state index contributed by atoms with van der Waals surface area (Å²) in [7, 11) is 1.28. The van der Waals surface area contributed by atoms with Gasteiger partial charge in [0.1, 0.15) is 6.10 Å². The lowest BCUT2D eigenvalue weighted by Crippen LogP contribution is -2.36. The Labute approximate surface area is 141 Å². The maximum absolute atomic E-state index is 12.3. The number of ether oxygens (including phenoxy) is 2. The Balaban J connectivity index is 2.17. The van der Waals surface area contributed by atoms with Gasteiger partial charge in [0.15, 0.2) is 5.57 Å². The molecule has 0 aliphatic carbocycles. The fourth-order valence-electron chi connectivity index (χ4n) is 2.70. The molecule has 4 nitrogen and oxygen atoms in total. The monoisotopic (exact) mass is 334 g/mol. The number of aryl methyl sites for hydroxylation is 1. The fraction of sp³-hybridized carbons (Fsp3) is 0.444. The first-order valence-corrected chi connectivity index (χ1v) is 8.77. The molecule has 0 amide bonds. The van der Waals surface area contributed by atoms with E-state index in [1.807, 2.05) is 32.0 Å². The van der Waals surface area contributed by atoms with Crippen LogP contribution in [-0.2, 0) is 25.5 Å². The van der Waals surface area contributed by atoms with Gasteiger partial charge in [-0.2, -0.15) is 0 Å². The molecule has 2 rings (SSSR count). The van der Waals surface area contributed by atoms with Crippen LogP contribution in [-0.4, -0.2) is 30.9 Å². The zero-order chi connectivity index (χ0) is 16.8. The highest BCUT2D eigenvalue weighted by Crippen LogP contribution is 2.37. The first-order chi connectivity index (χ1) is 11.1. The van der Waals surface area contributed by atoms with E-state index in [2.05, 4.69) is 12.1 Å². The van der Waals surface area contributed by atoms with E-state index in [0.29, 0.717) is 0 Å².